The van der Waals surface area contributed by atoms with Crippen LogP contribution in [0.2, 0.25) is 0 Å². The maximum Gasteiger partial charge on any atom is 0.322 e. The average molecular weight is 331 g/mol. The molecule has 24 heavy (non-hydrogen) atoms. The van der Waals surface area contributed by atoms with E-state index in [1.54, 1.807) is 12.1 Å². The number of aromatic hydroxyl groups is 1. The molecule has 4 amide bonds. The van der Waals surface area contributed by atoms with Crippen molar-refractivity contribution in [2.24, 2.45) is 0 Å². The van der Waals surface area contributed by atoms with Crippen LogP contribution in [0, 0.1) is 0 Å². The Bertz CT molecular complexity index is 653. The number of nitrogens with one attached hydrogen (secondary N) is 2. The number of carbonyl (C=O) groups is 3. The van der Waals surface area contributed by atoms with E-state index in [1.165, 1.54) is 0 Å². The third-order valence-electron chi connectivity index (χ3n) is 4.69. The molecular weight excluding hydrogens is 310 g/mol. The summed E-state index contributed by atoms with van der Waals surface area (Å²) in [6, 6.07) is 6.17. The Kier molecular flexibility index (Phi) is 4.69. The SMILES string of the molecule is O=C1NC(=O)[C@@H](CCC(=O)N2CCC(c3cccc(O)c3)CC2)N1. The van der Waals surface area contributed by atoms with Gasteiger partial charge in [-0.3, -0.25) is 14.9 Å². The van der Waals surface area contributed by atoms with E-state index in [0.717, 1.165) is 18.4 Å². The molecule has 1 aromatic rings. The van der Waals surface area contributed by atoms with Crippen LogP contribution in [0.25, 0.3) is 0 Å². The van der Waals surface area contributed by atoms with Crippen LogP contribution in [0.15, 0.2) is 24.3 Å². The van der Waals surface area contributed by atoms with Crippen molar-refractivity contribution in [2.75, 3.05) is 13.1 Å². The highest BCUT2D eigenvalue weighted by atomic mass is 16.3. The summed E-state index contributed by atoms with van der Waals surface area (Å²) in [5.41, 5.74) is 1.10. The van der Waals surface area contributed by atoms with Crippen molar-refractivity contribution < 1.29 is 19.5 Å². The highest BCUT2D eigenvalue weighted by Crippen LogP contribution is 2.30. The number of carbonyl (C=O) groups excluding carboxylic acids is 3. The number of piperidine rings is 1. The number of hydrogen-bond donors (Lipinski definition) is 3. The normalized spacial score (nSPS) is 21.5. The number of imide groups is 1. The van der Waals surface area contributed by atoms with Gasteiger partial charge in [-0.2, -0.15) is 0 Å². The molecular formula is C17H21N3O4. The summed E-state index contributed by atoms with van der Waals surface area (Å²) < 4.78 is 0. The number of phenols is 1. The summed E-state index contributed by atoms with van der Waals surface area (Å²) in [6.45, 7) is 1.34. The fourth-order valence-corrected chi connectivity index (χ4v) is 3.33. The predicted octanol–water partition coefficient (Wildman–Crippen LogP) is 1.09. The molecule has 0 spiro atoms. The van der Waals surface area contributed by atoms with Gasteiger partial charge in [0, 0.05) is 19.5 Å². The average Bonchev–Trinajstić information content (AvgIpc) is 2.90. The van der Waals surface area contributed by atoms with E-state index in [-0.39, 0.29) is 24.0 Å². The van der Waals surface area contributed by atoms with Crippen LogP contribution in [-0.2, 0) is 9.59 Å². The van der Waals surface area contributed by atoms with Crippen LogP contribution >= 0.6 is 0 Å². The van der Waals surface area contributed by atoms with Gasteiger partial charge in [0.05, 0.1) is 0 Å². The lowest BCUT2D eigenvalue weighted by Crippen LogP contribution is -2.39. The van der Waals surface area contributed by atoms with E-state index < -0.39 is 12.1 Å². The number of amides is 4. The lowest BCUT2D eigenvalue weighted by molar-refractivity contribution is -0.132. The number of likely N-dealkylation sites (tertiary alicyclic amines) is 1. The monoisotopic (exact) mass is 331 g/mol. The van der Waals surface area contributed by atoms with E-state index in [1.807, 2.05) is 17.0 Å². The van der Waals surface area contributed by atoms with E-state index in [2.05, 4.69) is 10.6 Å². The first-order valence-corrected chi connectivity index (χ1v) is 8.21. The van der Waals surface area contributed by atoms with Crippen LogP contribution in [-0.4, -0.2) is 47.0 Å². The summed E-state index contributed by atoms with van der Waals surface area (Å²) in [4.78, 5) is 36.6. The second-order valence-corrected chi connectivity index (χ2v) is 6.30. The number of urea groups is 1. The first kappa shape index (κ1) is 16.3. The number of rotatable bonds is 4. The van der Waals surface area contributed by atoms with Gasteiger partial charge in [0.2, 0.25) is 5.91 Å². The third-order valence-corrected chi connectivity index (χ3v) is 4.69. The Hall–Kier alpha value is -2.57. The minimum Gasteiger partial charge on any atom is -0.508 e. The molecule has 2 aliphatic heterocycles. The van der Waals surface area contributed by atoms with Gasteiger partial charge in [0.1, 0.15) is 11.8 Å². The smallest absolute Gasteiger partial charge is 0.322 e. The van der Waals surface area contributed by atoms with Crippen LogP contribution in [0.5, 0.6) is 5.75 Å². The van der Waals surface area contributed by atoms with Gasteiger partial charge in [-0.05, 0) is 42.9 Å². The van der Waals surface area contributed by atoms with Crippen molar-refractivity contribution >= 4 is 17.8 Å². The third kappa shape index (κ3) is 3.67. The number of benzene rings is 1. The number of phenolic OH excluding ortho intramolecular Hbond substituents is 1. The molecule has 0 radical (unpaired) electrons. The van der Waals surface area contributed by atoms with Crippen LogP contribution in [0.4, 0.5) is 4.79 Å². The van der Waals surface area contributed by atoms with Crippen molar-refractivity contribution in [2.45, 2.75) is 37.6 Å². The number of nitrogens with zero attached hydrogens (tertiary/aromatic N) is 1. The summed E-state index contributed by atoms with van der Waals surface area (Å²) in [6.07, 6.45) is 2.28. The lowest BCUT2D eigenvalue weighted by atomic mass is 9.89. The van der Waals surface area contributed by atoms with Gasteiger partial charge in [-0.15, -0.1) is 0 Å². The fraction of sp³-hybridized carbons (Fsp3) is 0.471. The van der Waals surface area contributed by atoms with Crippen molar-refractivity contribution in [3.8, 4) is 5.75 Å². The molecule has 7 nitrogen and oxygen atoms in total. The van der Waals surface area contributed by atoms with E-state index in [0.29, 0.717) is 25.4 Å². The molecule has 7 heteroatoms. The van der Waals surface area contributed by atoms with Crippen molar-refractivity contribution in [3.63, 3.8) is 0 Å². The predicted molar refractivity (Wildman–Crippen MR) is 86.4 cm³/mol. The maximum absolute atomic E-state index is 12.3. The molecule has 0 bridgehead atoms. The standard InChI is InChI=1S/C17H21N3O4/c21-13-3-1-2-12(10-13)11-6-8-20(9-7-11)15(22)5-4-14-16(23)19-17(24)18-14/h1-3,10-11,14,21H,4-9H2,(H2,18,19,23,24)/t14-/m1/s1. The molecule has 1 atom stereocenters. The molecule has 3 N–H and O–H groups in total. The first-order valence-electron chi connectivity index (χ1n) is 8.21. The van der Waals surface area contributed by atoms with E-state index in [9.17, 15) is 19.5 Å². The molecule has 2 heterocycles. The highest BCUT2D eigenvalue weighted by molar-refractivity contribution is 6.04. The molecule has 2 fully saturated rings. The largest absolute Gasteiger partial charge is 0.508 e. The molecule has 0 unspecified atom stereocenters. The minimum absolute atomic E-state index is 0.0123. The van der Waals surface area contributed by atoms with Gasteiger partial charge >= 0.3 is 6.03 Å². The fourth-order valence-electron chi connectivity index (χ4n) is 3.33. The maximum atomic E-state index is 12.3. The van der Waals surface area contributed by atoms with Gasteiger partial charge < -0.3 is 15.3 Å². The summed E-state index contributed by atoms with van der Waals surface area (Å²) in [5, 5.41) is 14.2. The number of hydrogen-bond acceptors (Lipinski definition) is 4. The van der Waals surface area contributed by atoms with Gasteiger partial charge in [-0.1, -0.05) is 12.1 Å². The van der Waals surface area contributed by atoms with Crippen molar-refractivity contribution in [3.05, 3.63) is 29.8 Å². The van der Waals surface area contributed by atoms with Crippen molar-refractivity contribution in [1.29, 1.82) is 0 Å². The molecule has 1 aromatic carbocycles. The van der Waals surface area contributed by atoms with E-state index >= 15 is 0 Å². The van der Waals surface area contributed by atoms with E-state index in [4.69, 9.17) is 0 Å². The Morgan fingerprint density at radius 2 is 2.00 bits per heavy atom. The van der Waals surface area contributed by atoms with Crippen LogP contribution < -0.4 is 10.6 Å². The quantitative estimate of drug-likeness (QED) is 0.719. The molecule has 128 valence electrons. The zero-order valence-electron chi connectivity index (χ0n) is 13.3. The van der Waals surface area contributed by atoms with Crippen LogP contribution in [0.3, 0.4) is 0 Å². The molecule has 0 aromatic heterocycles. The second kappa shape index (κ2) is 6.90. The Labute approximate surface area is 140 Å². The van der Waals surface area contributed by atoms with Gasteiger partial charge in [-0.25, -0.2) is 4.79 Å². The zero-order valence-corrected chi connectivity index (χ0v) is 13.3. The topological polar surface area (TPSA) is 98.7 Å². The molecule has 0 saturated carbocycles. The second-order valence-electron chi connectivity index (χ2n) is 6.30. The van der Waals surface area contributed by atoms with Gasteiger partial charge in [0.15, 0.2) is 0 Å². The van der Waals surface area contributed by atoms with Crippen molar-refractivity contribution in [1.82, 2.24) is 15.5 Å². The lowest BCUT2D eigenvalue weighted by Gasteiger charge is -2.32. The first-order chi connectivity index (χ1) is 11.5. The summed E-state index contributed by atoms with van der Waals surface area (Å²) in [5.74, 6) is 0.262. The molecule has 2 aliphatic rings. The molecule has 3 rings (SSSR count). The van der Waals surface area contributed by atoms with Gasteiger partial charge in [0.25, 0.3) is 5.91 Å². The Morgan fingerprint density at radius 3 is 2.62 bits per heavy atom. The summed E-state index contributed by atoms with van der Waals surface area (Å²) >= 11 is 0. The molecule has 0 aliphatic carbocycles. The Morgan fingerprint density at radius 1 is 1.25 bits per heavy atom. The Balaban J connectivity index is 1.47. The zero-order chi connectivity index (χ0) is 17.1. The minimum atomic E-state index is -0.605. The van der Waals surface area contributed by atoms with Crippen LogP contribution in [0.1, 0.15) is 37.2 Å². The molecule has 2 saturated heterocycles. The highest BCUT2D eigenvalue weighted by Gasteiger charge is 2.31. The summed E-state index contributed by atoms with van der Waals surface area (Å²) in [7, 11) is 0.